The lowest BCUT2D eigenvalue weighted by Crippen LogP contribution is -2.56. The molecule has 0 aliphatic carbocycles. The van der Waals surface area contributed by atoms with Crippen LogP contribution in [0.5, 0.6) is 0 Å². The van der Waals surface area contributed by atoms with Crippen LogP contribution in [0.4, 0.5) is 0 Å². The number of hydrogen-bond acceptors (Lipinski definition) is 7. The van der Waals surface area contributed by atoms with E-state index in [0.717, 1.165) is 0 Å². The number of carbonyl (C=O) groups excluding carboxylic acids is 2. The predicted molar refractivity (Wildman–Crippen MR) is 66.1 cm³/mol. The minimum absolute atomic E-state index is 0.192. The van der Waals surface area contributed by atoms with Gasteiger partial charge < -0.3 is 34.3 Å². The molecular formula is C12H18N2O7. The first-order chi connectivity index (χ1) is 10.2. The smallest absolute Gasteiger partial charge is 0.246 e. The minimum atomic E-state index is -0.538. The largest absolute Gasteiger partial charge is 0.362 e. The molecule has 0 saturated carbocycles. The normalized spacial score (nSPS) is 38.3. The monoisotopic (exact) mass is 302 g/mol. The van der Waals surface area contributed by atoms with Crippen LogP contribution < -0.4 is 10.6 Å². The van der Waals surface area contributed by atoms with Crippen molar-refractivity contribution in [3.63, 3.8) is 0 Å². The summed E-state index contributed by atoms with van der Waals surface area (Å²) < 4.78 is 27.3. The third-order valence-electron chi connectivity index (χ3n) is 3.36. The molecule has 0 aromatic carbocycles. The van der Waals surface area contributed by atoms with Gasteiger partial charge in [0, 0.05) is 0 Å². The van der Waals surface area contributed by atoms with E-state index in [1.807, 2.05) is 0 Å². The highest BCUT2D eigenvalue weighted by Gasteiger charge is 2.38. The Morgan fingerprint density at radius 1 is 0.810 bits per heavy atom. The standard InChI is InChI=1S/C12H18N2O7/c15-9-5-17-6-10(16)14-2-12-19-4-7-8(21-12)3-18-11(20-7)1-13-9/h7-8,11-12H,1-6H2,(H,13,15)(H,14,16)/t7-,8-,11+,12+/m0/s1. The molecule has 5 fully saturated rings. The first-order valence-electron chi connectivity index (χ1n) is 6.86. The summed E-state index contributed by atoms with van der Waals surface area (Å²) in [7, 11) is 0. The minimum Gasteiger partial charge on any atom is -0.362 e. The number of amides is 2. The van der Waals surface area contributed by atoms with E-state index in [1.165, 1.54) is 0 Å². The van der Waals surface area contributed by atoms with Gasteiger partial charge in [-0.3, -0.25) is 9.59 Å². The van der Waals surface area contributed by atoms with E-state index in [4.69, 9.17) is 23.7 Å². The van der Waals surface area contributed by atoms with Crippen molar-refractivity contribution in [2.45, 2.75) is 24.8 Å². The van der Waals surface area contributed by atoms with Gasteiger partial charge in [0.05, 0.1) is 26.3 Å². The van der Waals surface area contributed by atoms with Crippen molar-refractivity contribution in [3.8, 4) is 0 Å². The van der Waals surface area contributed by atoms with Crippen LogP contribution in [0.25, 0.3) is 0 Å². The summed E-state index contributed by atoms with van der Waals surface area (Å²) >= 11 is 0. The van der Waals surface area contributed by atoms with Crippen LogP contribution in [0.1, 0.15) is 0 Å². The average Bonchev–Trinajstić information content (AvgIpc) is 2.50. The molecule has 5 saturated heterocycles. The van der Waals surface area contributed by atoms with Gasteiger partial charge in [-0.25, -0.2) is 0 Å². The maximum absolute atomic E-state index is 11.5. The van der Waals surface area contributed by atoms with E-state index in [1.54, 1.807) is 0 Å². The van der Waals surface area contributed by atoms with Gasteiger partial charge in [0.1, 0.15) is 25.4 Å². The fraction of sp³-hybridized carbons (Fsp3) is 0.833. The van der Waals surface area contributed by atoms with Gasteiger partial charge in [0.25, 0.3) is 0 Å². The third-order valence-corrected chi connectivity index (χ3v) is 3.36. The van der Waals surface area contributed by atoms with Gasteiger partial charge in [-0.2, -0.15) is 0 Å². The molecular weight excluding hydrogens is 284 g/mol. The highest BCUT2D eigenvalue weighted by atomic mass is 16.8. The lowest BCUT2D eigenvalue weighted by molar-refractivity contribution is -0.332. The summed E-state index contributed by atoms with van der Waals surface area (Å²) in [6, 6.07) is 0. The van der Waals surface area contributed by atoms with Crippen molar-refractivity contribution < 1.29 is 33.3 Å². The van der Waals surface area contributed by atoms with Crippen LogP contribution in [0, 0.1) is 0 Å². The maximum atomic E-state index is 11.5. The van der Waals surface area contributed by atoms with Gasteiger partial charge in [-0.1, -0.05) is 0 Å². The first-order valence-corrected chi connectivity index (χ1v) is 6.86. The molecule has 0 unspecified atom stereocenters. The number of hydrogen-bond donors (Lipinski definition) is 2. The second kappa shape index (κ2) is 6.67. The van der Waals surface area contributed by atoms with E-state index in [2.05, 4.69) is 10.6 Å². The van der Waals surface area contributed by atoms with Crippen molar-refractivity contribution in [2.24, 2.45) is 0 Å². The van der Waals surface area contributed by atoms with Crippen molar-refractivity contribution >= 4 is 11.8 Å². The fourth-order valence-electron chi connectivity index (χ4n) is 2.29. The van der Waals surface area contributed by atoms with E-state index in [0.29, 0.717) is 13.2 Å². The SMILES string of the molecule is O=C1COCC(=O)NC[C@@H]2OC[C@@H]3O[C@H](CN1)OC[C@@H]3O2. The number of ether oxygens (including phenoxy) is 5. The molecule has 5 heterocycles. The lowest BCUT2D eigenvalue weighted by Gasteiger charge is -2.41. The van der Waals surface area contributed by atoms with Gasteiger partial charge in [0.15, 0.2) is 12.6 Å². The number of nitrogens with one attached hydrogen (secondary N) is 2. The zero-order valence-corrected chi connectivity index (χ0v) is 11.4. The van der Waals surface area contributed by atoms with Gasteiger partial charge in [0.2, 0.25) is 11.8 Å². The lowest BCUT2D eigenvalue weighted by atomic mass is 10.2. The Morgan fingerprint density at radius 2 is 1.29 bits per heavy atom. The molecule has 2 N–H and O–H groups in total. The van der Waals surface area contributed by atoms with Crippen LogP contribution in [0.2, 0.25) is 0 Å². The highest BCUT2D eigenvalue weighted by Crippen LogP contribution is 2.22. The van der Waals surface area contributed by atoms with Crippen LogP contribution >= 0.6 is 0 Å². The van der Waals surface area contributed by atoms with E-state index < -0.39 is 12.6 Å². The molecule has 0 spiro atoms. The van der Waals surface area contributed by atoms with Gasteiger partial charge in [-0.15, -0.1) is 0 Å². The predicted octanol–water partition coefficient (Wildman–Crippen LogP) is -2.27. The molecule has 5 aliphatic rings. The van der Waals surface area contributed by atoms with Crippen LogP contribution in [-0.4, -0.2) is 76.1 Å². The topological polar surface area (TPSA) is 104 Å². The quantitative estimate of drug-likeness (QED) is 0.520. The average molecular weight is 302 g/mol. The van der Waals surface area contributed by atoms with Gasteiger partial charge >= 0.3 is 0 Å². The maximum Gasteiger partial charge on any atom is 0.246 e. The highest BCUT2D eigenvalue weighted by molar-refractivity contribution is 5.79. The van der Waals surface area contributed by atoms with Gasteiger partial charge in [-0.05, 0) is 0 Å². The molecule has 9 heteroatoms. The summed E-state index contributed by atoms with van der Waals surface area (Å²) in [5.41, 5.74) is 0. The molecule has 4 bridgehead atoms. The molecule has 5 rings (SSSR count). The Labute approximate surface area is 121 Å². The molecule has 21 heavy (non-hydrogen) atoms. The van der Waals surface area contributed by atoms with Crippen LogP contribution in [0.3, 0.4) is 0 Å². The zero-order valence-electron chi connectivity index (χ0n) is 11.4. The van der Waals surface area contributed by atoms with Crippen molar-refractivity contribution in [1.82, 2.24) is 10.6 Å². The molecule has 4 atom stereocenters. The summed E-state index contributed by atoms with van der Waals surface area (Å²) in [4.78, 5) is 23.1. The first kappa shape index (κ1) is 14.7. The van der Waals surface area contributed by atoms with Crippen LogP contribution in [0.15, 0.2) is 0 Å². The molecule has 9 nitrogen and oxygen atoms in total. The van der Waals surface area contributed by atoms with E-state index in [9.17, 15) is 9.59 Å². The summed E-state index contributed by atoms with van der Waals surface area (Å²) in [6.45, 7) is 0.748. The Balaban J connectivity index is 1.64. The van der Waals surface area contributed by atoms with Crippen molar-refractivity contribution in [2.75, 3.05) is 39.5 Å². The molecule has 0 radical (unpaired) electrons. The Kier molecular flexibility index (Phi) is 4.66. The van der Waals surface area contributed by atoms with E-state index in [-0.39, 0.29) is 50.3 Å². The molecule has 5 aliphatic heterocycles. The molecule has 118 valence electrons. The molecule has 0 aromatic heterocycles. The van der Waals surface area contributed by atoms with E-state index >= 15 is 0 Å². The second-order valence-electron chi connectivity index (χ2n) is 4.98. The summed E-state index contributed by atoms with van der Waals surface area (Å²) in [5, 5.41) is 5.25. The second-order valence-corrected chi connectivity index (χ2v) is 4.98. The molecule has 0 aromatic rings. The zero-order chi connectivity index (χ0) is 14.7. The van der Waals surface area contributed by atoms with Crippen molar-refractivity contribution in [3.05, 3.63) is 0 Å². The number of fused-ring (bicyclic) bond motifs is 2. The fourth-order valence-corrected chi connectivity index (χ4v) is 2.29. The molecule has 2 amide bonds. The summed E-state index contributed by atoms with van der Waals surface area (Å²) in [6.07, 6.45) is -1.56. The Hall–Kier alpha value is -1.26. The third kappa shape index (κ3) is 3.89. The Morgan fingerprint density at radius 3 is 1.76 bits per heavy atom. The van der Waals surface area contributed by atoms with Crippen molar-refractivity contribution in [1.29, 1.82) is 0 Å². The Bertz CT molecular complexity index is 369. The van der Waals surface area contributed by atoms with Crippen LogP contribution in [-0.2, 0) is 33.3 Å². The summed E-state index contributed by atoms with van der Waals surface area (Å²) in [5.74, 6) is -0.660. The number of carbonyl (C=O) groups is 2. The number of rotatable bonds is 0.